The van der Waals surface area contributed by atoms with E-state index in [0.717, 1.165) is 16.6 Å². The van der Waals surface area contributed by atoms with Crippen molar-refractivity contribution in [3.05, 3.63) is 34.3 Å². The maximum atomic E-state index is 12.0. The molecule has 2 heterocycles. The normalized spacial score (nSPS) is 28.4. The van der Waals surface area contributed by atoms with E-state index in [4.69, 9.17) is 0 Å². The summed E-state index contributed by atoms with van der Waals surface area (Å²) in [6.45, 7) is 0.835. The van der Waals surface area contributed by atoms with Gasteiger partial charge in [-0.25, -0.2) is 0 Å². The van der Waals surface area contributed by atoms with Crippen LogP contribution >= 0.6 is 15.9 Å². The number of halogens is 1. The van der Waals surface area contributed by atoms with Crippen LogP contribution in [0.25, 0.3) is 0 Å². The van der Waals surface area contributed by atoms with Gasteiger partial charge in [0.2, 0.25) is 5.91 Å². The van der Waals surface area contributed by atoms with E-state index in [1.165, 1.54) is 25.7 Å². The first kappa shape index (κ1) is 14.1. The summed E-state index contributed by atoms with van der Waals surface area (Å²) < 4.78 is 1.03. The Balaban J connectivity index is 1.45. The molecule has 4 heteroatoms. The second-order valence-electron chi connectivity index (χ2n) is 6.09. The monoisotopic (exact) mass is 336 g/mol. The number of carbonyl (C=O) groups is 1. The van der Waals surface area contributed by atoms with Crippen molar-refractivity contribution < 1.29 is 4.79 Å². The second-order valence-corrected chi connectivity index (χ2v) is 7.00. The number of piperidine rings is 1. The van der Waals surface area contributed by atoms with Gasteiger partial charge < -0.3 is 10.6 Å². The van der Waals surface area contributed by atoms with Crippen LogP contribution in [0, 0.1) is 5.92 Å². The Kier molecular flexibility index (Phi) is 4.41. The number of rotatable bonds is 4. The summed E-state index contributed by atoms with van der Waals surface area (Å²) >= 11 is 3.44. The zero-order valence-electron chi connectivity index (χ0n) is 11.6. The molecule has 1 amide bonds. The highest BCUT2D eigenvalue weighted by atomic mass is 79.9. The van der Waals surface area contributed by atoms with Gasteiger partial charge in [0.15, 0.2) is 0 Å². The van der Waals surface area contributed by atoms with E-state index in [9.17, 15) is 4.79 Å². The van der Waals surface area contributed by atoms with E-state index < -0.39 is 0 Å². The standard InChI is InChI=1S/C16H21BrN2O/c17-13-3-1-2-11(6-13)9-16(20)18-10-12-7-14-4-5-15(8-12)19-14/h1-3,6,12,14-15,19H,4-5,7-10H2,(H,18,20). The van der Waals surface area contributed by atoms with Gasteiger partial charge in [-0.1, -0.05) is 28.1 Å². The minimum absolute atomic E-state index is 0.133. The molecule has 2 saturated heterocycles. The maximum Gasteiger partial charge on any atom is 0.224 e. The van der Waals surface area contributed by atoms with Crippen LogP contribution in [0.5, 0.6) is 0 Å². The molecule has 0 spiro atoms. The molecule has 2 N–H and O–H groups in total. The summed E-state index contributed by atoms with van der Waals surface area (Å²) in [6, 6.07) is 9.34. The van der Waals surface area contributed by atoms with E-state index in [1.54, 1.807) is 0 Å². The first-order valence-electron chi connectivity index (χ1n) is 7.46. The van der Waals surface area contributed by atoms with Crippen molar-refractivity contribution in [3.8, 4) is 0 Å². The number of benzene rings is 1. The van der Waals surface area contributed by atoms with Crippen LogP contribution in [-0.4, -0.2) is 24.5 Å². The molecule has 0 radical (unpaired) electrons. The summed E-state index contributed by atoms with van der Waals surface area (Å²) in [5, 5.41) is 6.74. The molecule has 1 aromatic rings. The lowest BCUT2D eigenvalue weighted by molar-refractivity contribution is -0.120. The van der Waals surface area contributed by atoms with E-state index in [2.05, 4.69) is 26.6 Å². The largest absolute Gasteiger partial charge is 0.356 e. The fourth-order valence-corrected chi connectivity index (χ4v) is 3.94. The van der Waals surface area contributed by atoms with Gasteiger partial charge in [0, 0.05) is 23.1 Å². The number of carbonyl (C=O) groups excluding carboxylic acids is 1. The van der Waals surface area contributed by atoms with Gasteiger partial charge in [-0.2, -0.15) is 0 Å². The molecule has 2 bridgehead atoms. The smallest absolute Gasteiger partial charge is 0.224 e. The van der Waals surface area contributed by atoms with Gasteiger partial charge in [0.25, 0.3) is 0 Å². The molecule has 0 saturated carbocycles. The minimum Gasteiger partial charge on any atom is -0.356 e. The molecular weight excluding hydrogens is 316 g/mol. The first-order valence-corrected chi connectivity index (χ1v) is 8.25. The number of hydrogen-bond donors (Lipinski definition) is 2. The molecular formula is C16H21BrN2O. The summed E-state index contributed by atoms with van der Waals surface area (Å²) in [7, 11) is 0. The molecule has 3 nitrogen and oxygen atoms in total. The lowest BCUT2D eigenvalue weighted by Gasteiger charge is -2.29. The van der Waals surface area contributed by atoms with Crippen molar-refractivity contribution in [2.75, 3.05) is 6.54 Å². The Hall–Kier alpha value is -0.870. The SMILES string of the molecule is O=C(Cc1cccc(Br)c1)NCC1CC2CCC(C1)N2. The lowest BCUT2D eigenvalue weighted by Crippen LogP contribution is -2.42. The summed E-state index contributed by atoms with van der Waals surface area (Å²) in [5.41, 5.74) is 1.06. The van der Waals surface area contributed by atoms with Gasteiger partial charge in [-0.15, -0.1) is 0 Å². The second kappa shape index (κ2) is 6.27. The molecule has 108 valence electrons. The third kappa shape index (κ3) is 3.61. The van der Waals surface area contributed by atoms with Gasteiger partial charge in [0.1, 0.15) is 0 Å². The Morgan fingerprint density at radius 3 is 2.75 bits per heavy atom. The van der Waals surface area contributed by atoms with Crippen LogP contribution in [0.3, 0.4) is 0 Å². The summed E-state index contributed by atoms with van der Waals surface area (Å²) in [5.74, 6) is 0.786. The quantitative estimate of drug-likeness (QED) is 0.887. The van der Waals surface area contributed by atoms with Crippen molar-refractivity contribution in [2.24, 2.45) is 5.92 Å². The Morgan fingerprint density at radius 2 is 2.05 bits per heavy atom. The Bertz CT molecular complexity index is 479. The molecule has 2 atom stereocenters. The molecule has 1 aromatic carbocycles. The van der Waals surface area contributed by atoms with E-state index in [1.807, 2.05) is 24.3 Å². The molecule has 0 aliphatic carbocycles. The van der Waals surface area contributed by atoms with Crippen LogP contribution in [0.15, 0.2) is 28.7 Å². The van der Waals surface area contributed by atoms with E-state index in [-0.39, 0.29) is 5.91 Å². The van der Waals surface area contributed by atoms with E-state index in [0.29, 0.717) is 24.4 Å². The van der Waals surface area contributed by atoms with Crippen LogP contribution in [0.2, 0.25) is 0 Å². The van der Waals surface area contributed by atoms with Gasteiger partial charge in [-0.05, 0) is 49.3 Å². The average Bonchev–Trinajstić information content (AvgIpc) is 2.76. The predicted octanol–water partition coefficient (Wildman–Crippen LogP) is 2.64. The highest BCUT2D eigenvalue weighted by Gasteiger charge is 2.33. The Morgan fingerprint density at radius 1 is 1.30 bits per heavy atom. The zero-order chi connectivity index (χ0) is 13.9. The highest BCUT2D eigenvalue weighted by molar-refractivity contribution is 9.10. The Labute approximate surface area is 128 Å². The van der Waals surface area contributed by atoms with Crippen LogP contribution in [0.1, 0.15) is 31.2 Å². The molecule has 3 rings (SSSR count). The van der Waals surface area contributed by atoms with Crippen LogP contribution in [0.4, 0.5) is 0 Å². The molecule has 2 aliphatic rings. The van der Waals surface area contributed by atoms with Crippen LogP contribution < -0.4 is 10.6 Å². The van der Waals surface area contributed by atoms with Crippen molar-refractivity contribution in [1.29, 1.82) is 0 Å². The molecule has 2 aliphatic heterocycles. The molecule has 2 unspecified atom stereocenters. The molecule has 2 fully saturated rings. The van der Waals surface area contributed by atoms with E-state index >= 15 is 0 Å². The van der Waals surface area contributed by atoms with Gasteiger partial charge >= 0.3 is 0 Å². The maximum absolute atomic E-state index is 12.0. The average molecular weight is 337 g/mol. The van der Waals surface area contributed by atoms with Crippen molar-refractivity contribution >= 4 is 21.8 Å². The fourth-order valence-electron chi connectivity index (χ4n) is 3.49. The number of hydrogen-bond acceptors (Lipinski definition) is 2. The summed E-state index contributed by atoms with van der Waals surface area (Å²) in [6.07, 6.45) is 5.53. The van der Waals surface area contributed by atoms with Crippen molar-refractivity contribution in [2.45, 2.75) is 44.2 Å². The van der Waals surface area contributed by atoms with Gasteiger partial charge in [0.05, 0.1) is 6.42 Å². The zero-order valence-corrected chi connectivity index (χ0v) is 13.2. The van der Waals surface area contributed by atoms with Crippen LogP contribution in [-0.2, 0) is 11.2 Å². The summed E-state index contributed by atoms with van der Waals surface area (Å²) in [4.78, 5) is 12.0. The first-order chi connectivity index (χ1) is 9.69. The highest BCUT2D eigenvalue weighted by Crippen LogP contribution is 2.30. The molecule has 0 aromatic heterocycles. The van der Waals surface area contributed by atoms with Crippen molar-refractivity contribution in [1.82, 2.24) is 10.6 Å². The third-order valence-corrected chi connectivity index (χ3v) is 4.91. The van der Waals surface area contributed by atoms with Gasteiger partial charge in [-0.3, -0.25) is 4.79 Å². The number of fused-ring (bicyclic) bond motifs is 2. The predicted molar refractivity (Wildman–Crippen MR) is 83.5 cm³/mol. The number of amides is 1. The third-order valence-electron chi connectivity index (χ3n) is 4.41. The minimum atomic E-state index is 0.133. The molecule has 20 heavy (non-hydrogen) atoms. The lowest BCUT2D eigenvalue weighted by atomic mass is 9.92. The fraction of sp³-hybridized carbons (Fsp3) is 0.562. The number of nitrogens with one attached hydrogen (secondary N) is 2. The van der Waals surface area contributed by atoms with Crippen molar-refractivity contribution in [3.63, 3.8) is 0 Å². The topological polar surface area (TPSA) is 41.1 Å².